The average Bonchev–Trinajstić information content (AvgIpc) is 3.07. The number of nitrogens with one attached hydrogen (secondary N) is 1. The van der Waals surface area contributed by atoms with Gasteiger partial charge in [0.15, 0.2) is 17.6 Å². The first-order valence-corrected chi connectivity index (χ1v) is 10.9. The van der Waals surface area contributed by atoms with Crippen LogP contribution in [0.5, 0.6) is 0 Å². The second-order valence-electron chi connectivity index (χ2n) is 6.48. The molecule has 8 heteroatoms. The lowest BCUT2D eigenvalue weighted by Gasteiger charge is -2.18. The van der Waals surface area contributed by atoms with Gasteiger partial charge in [0.1, 0.15) is 0 Å². The van der Waals surface area contributed by atoms with E-state index in [0.717, 1.165) is 11.0 Å². The molecule has 1 aromatic heterocycles. The summed E-state index contributed by atoms with van der Waals surface area (Å²) in [5.74, 6) is -0.207. The summed E-state index contributed by atoms with van der Waals surface area (Å²) in [4.78, 5) is 12.7. The van der Waals surface area contributed by atoms with Gasteiger partial charge in [0.2, 0.25) is 16.4 Å². The zero-order chi connectivity index (χ0) is 21.0. The number of fused-ring (bicyclic) bond motifs is 1. The molecule has 1 amide bonds. The van der Waals surface area contributed by atoms with Crippen molar-refractivity contribution in [1.82, 2.24) is 8.87 Å². The van der Waals surface area contributed by atoms with Gasteiger partial charge in [-0.2, -0.15) is 4.31 Å². The molecule has 3 aromatic rings. The van der Waals surface area contributed by atoms with Gasteiger partial charge in [-0.25, -0.2) is 17.6 Å². The van der Waals surface area contributed by atoms with Gasteiger partial charge in [0, 0.05) is 18.8 Å². The molecule has 0 saturated carbocycles. The Labute approximate surface area is 170 Å². The van der Waals surface area contributed by atoms with Gasteiger partial charge < -0.3 is 5.32 Å². The summed E-state index contributed by atoms with van der Waals surface area (Å²) < 4.78 is 30.2. The first kappa shape index (κ1) is 20.8. The monoisotopic (exact) mass is 413 g/mol. The maximum absolute atomic E-state index is 12.5. The van der Waals surface area contributed by atoms with E-state index < -0.39 is 10.0 Å². The zero-order valence-electron chi connectivity index (χ0n) is 16.6. The molecule has 0 atom stereocenters. The molecular weight excluding hydrogens is 388 g/mol. The van der Waals surface area contributed by atoms with Gasteiger partial charge in [-0.05, 0) is 36.4 Å². The number of imidazole rings is 1. The Hall–Kier alpha value is -2.97. The molecule has 0 saturated heterocycles. The summed E-state index contributed by atoms with van der Waals surface area (Å²) >= 11 is 0. The van der Waals surface area contributed by atoms with Gasteiger partial charge in [0.25, 0.3) is 5.91 Å². The van der Waals surface area contributed by atoms with Crippen LogP contribution < -0.4 is 9.88 Å². The molecule has 2 aromatic carbocycles. The molecule has 3 rings (SSSR count). The highest BCUT2D eigenvalue weighted by Gasteiger charge is 2.21. The normalized spacial score (nSPS) is 11.7. The Morgan fingerprint density at radius 1 is 1.14 bits per heavy atom. The van der Waals surface area contributed by atoms with E-state index in [1.807, 2.05) is 39.7 Å². The number of rotatable bonds is 8. The van der Waals surface area contributed by atoms with Crippen LogP contribution in [-0.4, -0.2) is 36.3 Å². The number of nitrogens with zero attached hydrogens (tertiary/aromatic N) is 3. The number of benzene rings is 2. The highest BCUT2D eigenvalue weighted by Crippen LogP contribution is 2.18. The van der Waals surface area contributed by atoms with E-state index in [0.29, 0.717) is 18.8 Å². The maximum Gasteiger partial charge on any atom is 0.266 e. The van der Waals surface area contributed by atoms with Crippen molar-refractivity contribution < 1.29 is 17.8 Å². The minimum atomic E-state index is -3.52. The Morgan fingerprint density at radius 3 is 2.41 bits per heavy atom. The van der Waals surface area contributed by atoms with Crippen LogP contribution in [0.1, 0.15) is 13.8 Å². The summed E-state index contributed by atoms with van der Waals surface area (Å²) in [5.41, 5.74) is 2.42. The van der Waals surface area contributed by atoms with Gasteiger partial charge >= 0.3 is 0 Å². The standard InChI is InChI=1S/C21H24N4O3S/c1-4-23-16-24(20-10-8-7-9-19(20)23)15-21(26)22-17-11-13-18(14-12-17)29(27,28)25(5-2)6-3/h4,7-14,16H,1,5-6,15H2,2-3H3/p+1. The molecule has 0 spiro atoms. The van der Waals surface area contributed by atoms with Crippen molar-refractivity contribution in [3.05, 3.63) is 61.4 Å². The number of para-hydroxylation sites is 2. The summed E-state index contributed by atoms with van der Waals surface area (Å²) in [7, 11) is -3.52. The highest BCUT2D eigenvalue weighted by atomic mass is 32.2. The summed E-state index contributed by atoms with van der Waals surface area (Å²) in [6.45, 7) is 8.34. The third-order valence-corrected chi connectivity index (χ3v) is 6.79. The Balaban J connectivity index is 1.75. The number of hydrogen-bond donors (Lipinski definition) is 1. The van der Waals surface area contributed by atoms with E-state index in [4.69, 9.17) is 0 Å². The molecule has 0 aliphatic rings. The third kappa shape index (κ3) is 4.23. The predicted molar refractivity (Wildman–Crippen MR) is 114 cm³/mol. The van der Waals surface area contributed by atoms with Crippen LogP contribution in [-0.2, 0) is 21.4 Å². The molecule has 1 N–H and O–H groups in total. The molecular formula is C21H25N4O3S+. The topological polar surface area (TPSA) is 75.3 Å². The van der Waals surface area contributed by atoms with Crippen molar-refractivity contribution in [2.24, 2.45) is 0 Å². The number of amides is 1. The number of anilines is 1. The smallest absolute Gasteiger partial charge is 0.266 e. The number of carbonyl (C=O) groups excluding carboxylic acids is 1. The second-order valence-corrected chi connectivity index (χ2v) is 8.42. The van der Waals surface area contributed by atoms with E-state index >= 15 is 0 Å². The Morgan fingerprint density at radius 2 is 1.79 bits per heavy atom. The van der Waals surface area contributed by atoms with Crippen LogP contribution in [0.2, 0.25) is 0 Å². The molecule has 0 unspecified atom stereocenters. The second kappa shape index (κ2) is 8.59. The van der Waals surface area contributed by atoms with Gasteiger partial charge in [0.05, 0.1) is 11.1 Å². The summed E-state index contributed by atoms with van der Waals surface area (Å²) in [6.07, 6.45) is 3.50. The number of carbonyl (C=O) groups is 1. The van der Waals surface area contributed by atoms with Crippen molar-refractivity contribution >= 4 is 38.9 Å². The first-order valence-electron chi connectivity index (χ1n) is 9.42. The van der Waals surface area contributed by atoms with Crippen LogP contribution in [0.15, 0.2) is 66.3 Å². The molecule has 7 nitrogen and oxygen atoms in total. The lowest BCUT2D eigenvalue weighted by Crippen LogP contribution is -2.39. The number of sulfonamides is 1. The first-order chi connectivity index (χ1) is 13.9. The van der Waals surface area contributed by atoms with Crippen LogP contribution in [0, 0.1) is 0 Å². The largest absolute Gasteiger partial charge is 0.323 e. The molecule has 0 bridgehead atoms. The van der Waals surface area contributed by atoms with E-state index in [2.05, 4.69) is 11.9 Å². The fourth-order valence-corrected chi connectivity index (χ4v) is 4.71. The fourth-order valence-electron chi connectivity index (χ4n) is 3.25. The lowest BCUT2D eigenvalue weighted by atomic mass is 10.3. The van der Waals surface area contributed by atoms with Crippen LogP contribution in [0.25, 0.3) is 17.2 Å². The van der Waals surface area contributed by atoms with Crippen molar-refractivity contribution in [1.29, 1.82) is 0 Å². The van der Waals surface area contributed by atoms with Gasteiger partial charge in [-0.3, -0.25) is 4.79 Å². The minimum Gasteiger partial charge on any atom is -0.323 e. The van der Waals surface area contributed by atoms with Crippen molar-refractivity contribution in [2.45, 2.75) is 25.3 Å². The fraction of sp³-hybridized carbons (Fsp3) is 0.238. The molecule has 152 valence electrons. The molecule has 29 heavy (non-hydrogen) atoms. The zero-order valence-corrected chi connectivity index (χ0v) is 17.4. The Bertz CT molecular complexity index is 1130. The predicted octanol–water partition coefficient (Wildman–Crippen LogP) is 2.70. The van der Waals surface area contributed by atoms with Gasteiger partial charge in [-0.1, -0.05) is 32.6 Å². The van der Waals surface area contributed by atoms with Crippen LogP contribution in [0.4, 0.5) is 5.69 Å². The number of aromatic nitrogens is 2. The Kier molecular flexibility index (Phi) is 6.14. The van der Waals surface area contributed by atoms with E-state index in [1.54, 1.807) is 32.2 Å². The van der Waals surface area contributed by atoms with Crippen molar-refractivity contribution in [3.63, 3.8) is 0 Å². The number of hydrogen-bond acceptors (Lipinski definition) is 3. The van der Waals surface area contributed by atoms with Crippen LogP contribution in [0.3, 0.4) is 0 Å². The quantitative estimate of drug-likeness (QED) is 0.577. The lowest BCUT2D eigenvalue weighted by molar-refractivity contribution is -0.658. The maximum atomic E-state index is 12.5. The molecule has 1 heterocycles. The molecule has 0 fully saturated rings. The molecule has 0 radical (unpaired) electrons. The minimum absolute atomic E-state index is 0.126. The van der Waals surface area contributed by atoms with E-state index in [9.17, 15) is 13.2 Å². The van der Waals surface area contributed by atoms with Crippen LogP contribution >= 0.6 is 0 Å². The van der Waals surface area contributed by atoms with E-state index in [-0.39, 0.29) is 17.3 Å². The summed E-state index contributed by atoms with van der Waals surface area (Å²) in [5, 5.41) is 2.81. The molecule has 0 aliphatic heterocycles. The molecule has 0 aliphatic carbocycles. The third-order valence-electron chi connectivity index (χ3n) is 4.73. The van der Waals surface area contributed by atoms with Crippen molar-refractivity contribution in [3.8, 4) is 0 Å². The van der Waals surface area contributed by atoms with E-state index in [1.165, 1.54) is 16.4 Å². The summed E-state index contributed by atoms with van der Waals surface area (Å²) in [6, 6.07) is 14.0. The SMILES string of the molecule is C=Cn1c[n+](CC(=O)Nc2ccc(S(=O)(=O)N(CC)CC)cc2)c2ccccc21. The average molecular weight is 414 g/mol. The van der Waals surface area contributed by atoms with Gasteiger partial charge in [-0.15, -0.1) is 0 Å². The highest BCUT2D eigenvalue weighted by molar-refractivity contribution is 7.89. The van der Waals surface area contributed by atoms with Crippen molar-refractivity contribution in [2.75, 3.05) is 18.4 Å².